The third-order valence-corrected chi connectivity index (χ3v) is 0.767. The summed E-state index contributed by atoms with van der Waals surface area (Å²) in [7, 11) is 3.35. The predicted octanol–water partition coefficient (Wildman–Crippen LogP) is 1.15. The fourth-order valence-electron chi connectivity index (χ4n) is 0.285. The predicted molar refractivity (Wildman–Crippen MR) is 37.9 cm³/mol. The lowest BCUT2D eigenvalue weighted by Gasteiger charge is -2.02. The molecule has 0 radical (unpaired) electrons. The van der Waals surface area contributed by atoms with Crippen LogP contribution >= 0.6 is 0 Å². The molecule has 0 unspecified atom stereocenters. The molecule has 9 heavy (non-hydrogen) atoms. The second kappa shape index (κ2) is 4.06. The zero-order valence-electron chi connectivity index (χ0n) is 6.09. The Bertz CT molecular complexity index is 118. The van der Waals surface area contributed by atoms with Gasteiger partial charge in [-0.2, -0.15) is 0 Å². The average molecular weight is 128 g/mol. The highest BCUT2D eigenvalue weighted by Gasteiger charge is 1.95. The summed E-state index contributed by atoms with van der Waals surface area (Å²) in [6.45, 7) is 1.94. The Balaban J connectivity index is 3.63. The minimum Gasteiger partial charge on any atom is -0.329 e. The van der Waals surface area contributed by atoms with Gasteiger partial charge in [0.15, 0.2) is 0 Å². The molecule has 0 fully saturated rings. The molecule has 3 nitrogen and oxygen atoms in total. The molecule has 52 valence electrons. The van der Waals surface area contributed by atoms with Crippen molar-refractivity contribution in [1.82, 2.24) is 4.90 Å². The molecule has 0 rings (SSSR count). The van der Waals surface area contributed by atoms with Crippen LogP contribution in [0.4, 0.5) is 4.79 Å². The highest BCUT2D eigenvalue weighted by molar-refractivity contribution is 5.82. The molecule has 0 spiro atoms. The van der Waals surface area contributed by atoms with Gasteiger partial charge in [-0.3, -0.25) is 0 Å². The number of hydrogen-bond acceptors (Lipinski definition) is 1. The molecule has 0 aromatic heterocycles. The van der Waals surface area contributed by atoms with E-state index in [9.17, 15) is 4.79 Å². The molecule has 0 heterocycles. The number of carbonyl (C=O) groups excluding carboxylic acids is 1. The Morgan fingerprint density at radius 1 is 1.67 bits per heavy atom. The van der Waals surface area contributed by atoms with Crippen molar-refractivity contribution in [2.24, 2.45) is 4.99 Å². The van der Waals surface area contributed by atoms with Crippen LogP contribution < -0.4 is 0 Å². The van der Waals surface area contributed by atoms with E-state index in [1.54, 1.807) is 20.3 Å². The third kappa shape index (κ3) is 3.70. The van der Waals surface area contributed by atoms with Gasteiger partial charge in [0, 0.05) is 20.3 Å². The Morgan fingerprint density at radius 3 is 2.56 bits per heavy atom. The minimum absolute atomic E-state index is 0.197. The van der Waals surface area contributed by atoms with Gasteiger partial charge in [-0.25, -0.2) is 9.79 Å². The molecule has 2 amide bonds. The first kappa shape index (κ1) is 8.14. The summed E-state index contributed by atoms with van der Waals surface area (Å²) in [6.07, 6.45) is 2.40. The fourth-order valence-corrected chi connectivity index (χ4v) is 0.285. The Kier molecular flexibility index (Phi) is 3.67. The second-order valence-corrected chi connectivity index (χ2v) is 1.90. The van der Waals surface area contributed by atoms with Crippen LogP contribution in [0.15, 0.2) is 4.99 Å². The topological polar surface area (TPSA) is 32.7 Å². The lowest BCUT2D eigenvalue weighted by Crippen LogP contribution is -2.17. The molecule has 0 saturated carbocycles. The van der Waals surface area contributed by atoms with E-state index in [1.807, 2.05) is 6.92 Å². The first-order valence-corrected chi connectivity index (χ1v) is 2.92. The SMILES string of the molecule is CCC=NC(=O)N(C)C. The molecule has 0 N–H and O–H groups in total. The second-order valence-electron chi connectivity index (χ2n) is 1.90. The quantitative estimate of drug-likeness (QED) is 0.487. The number of amides is 2. The number of nitrogens with zero attached hydrogens (tertiary/aromatic N) is 2. The standard InChI is InChI=1S/C6H12N2O/c1-4-5-7-6(9)8(2)3/h5H,4H2,1-3H3. The van der Waals surface area contributed by atoms with E-state index in [0.29, 0.717) is 0 Å². The van der Waals surface area contributed by atoms with Crippen molar-refractivity contribution < 1.29 is 4.79 Å². The van der Waals surface area contributed by atoms with Crippen LogP contribution in [0.5, 0.6) is 0 Å². The Hall–Kier alpha value is -0.860. The van der Waals surface area contributed by atoms with Crippen LogP contribution in [0.1, 0.15) is 13.3 Å². The van der Waals surface area contributed by atoms with E-state index in [0.717, 1.165) is 6.42 Å². The van der Waals surface area contributed by atoms with Gasteiger partial charge in [0.2, 0.25) is 0 Å². The highest BCUT2D eigenvalue weighted by atomic mass is 16.2. The van der Waals surface area contributed by atoms with E-state index < -0.39 is 0 Å². The smallest absolute Gasteiger partial charge is 0.329 e. The van der Waals surface area contributed by atoms with Gasteiger partial charge in [0.1, 0.15) is 0 Å². The summed E-state index contributed by atoms with van der Waals surface area (Å²) in [5.74, 6) is 0. The molecule has 0 aliphatic rings. The maximum atomic E-state index is 10.6. The van der Waals surface area contributed by atoms with E-state index in [1.165, 1.54) is 4.90 Å². The summed E-state index contributed by atoms with van der Waals surface area (Å²) in [5.41, 5.74) is 0. The van der Waals surface area contributed by atoms with Gasteiger partial charge in [0.25, 0.3) is 0 Å². The summed E-state index contributed by atoms with van der Waals surface area (Å²) in [4.78, 5) is 15.7. The monoisotopic (exact) mass is 128 g/mol. The van der Waals surface area contributed by atoms with Crippen LogP contribution in [-0.2, 0) is 0 Å². The average Bonchev–Trinajstić information content (AvgIpc) is 1.82. The summed E-state index contributed by atoms with van der Waals surface area (Å²) < 4.78 is 0. The zero-order valence-corrected chi connectivity index (χ0v) is 6.09. The lowest BCUT2D eigenvalue weighted by molar-refractivity contribution is 0.227. The summed E-state index contributed by atoms with van der Waals surface area (Å²) in [5, 5.41) is 0. The van der Waals surface area contributed by atoms with Gasteiger partial charge in [-0.05, 0) is 6.42 Å². The van der Waals surface area contributed by atoms with Gasteiger partial charge in [-0.1, -0.05) is 6.92 Å². The van der Waals surface area contributed by atoms with E-state index in [4.69, 9.17) is 0 Å². The van der Waals surface area contributed by atoms with Crippen LogP contribution in [-0.4, -0.2) is 31.2 Å². The van der Waals surface area contributed by atoms with Crippen LogP contribution in [0.2, 0.25) is 0 Å². The van der Waals surface area contributed by atoms with Crippen molar-refractivity contribution in [1.29, 1.82) is 0 Å². The summed E-state index contributed by atoms with van der Waals surface area (Å²) >= 11 is 0. The van der Waals surface area contributed by atoms with E-state index in [2.05, 4.69) is 4.99 Å². The maximum Gasteiger partial charge on any atom is 0.342 e. The number of rotatable bonds is 1. The lowest BCUT2D eigenvalue weighted by atomic mass is 10.5. The molecule has 0 bridgehead atoms. The van der Waals surface area contributed by atoms with Crippen LogP contribution in [0.25, 0.3) is 0 Å². The number of hydrogen-bond donors (Lipinski definition) is 0. The Morgan fingerprint density at radius 2 is 2.22 bits per heavy atom. The van der Waals surface area contributed by atoms with Crippen molar-refractivity contribution in [3.05, 3.63) is 0 Å². The normalized spacial score (nSPS) is 10.1. The van der Waals surface area contributed by atoms with Gasteiger partial charge < -0.3 is 4.90 Å². The number of carbonyl (C=O) groups is 1. The molecule has 3 heteroatoms. The molecule has 0 aromatic carbocycles. The summed E-state index contributed by atoms with van der Waals surface area (Å²) in [6, 6.07) is -0.197. The zero-order chi connectivity index (χ0) is 7.28. The molecule has 0 aliphatic carbocycles. The van der Waals surface area contributed by atoms with Gasteiger partial charge in [0.05, 0.1) is 0 Å². The van der Waals surface area contributed by atoms with Crippen molar-refractivity contribution in [2.45, 2.75) is 13.3 Å². The largest absolute Gasteiger partial charge is 0.342 e. The van der Waals surface area contributed by atoms with Gasteiger partial charge in [-0.15, -0.1) is 0 Å². The minimum atomic E-state index is -0.197. The molecule has 0 saturated heterocycles. The number of urea groups is 1. The van der Waals surface area contributed by atoms with E-state index in [-0.39, 0.29) is 6.03 Å². The van der Waals surface area contributed by atoms with E-state index >= 15 is 0 Å². The Labute approximate surface area is 55.4 Å². The third-order valence-electron chi connectivity index (χ3n) is 0.767. The molecule has 0 atom stereocenters. The number of aliphatic imine (C=N–C) groups is 1. The van der Waals surface area contributed by atoms with Crippen molar-refractivity contribution in [3.63, 3.8) is 0 Å². The van der Waals surface area contributed by atoms with Crippen LogP contribution in [0.3, 0.4) is 0 Å². The maximum absolute atomic E-state index is 10.6. The molecule has 0 aliphatic heterocycles. The van der Waals surface area contributed by atoms with Crippen molar-refractivity contribution >= 4 is 12.2 Å². The van der Waals surface area contributed by atoms with Crippen molar-refractivity contribution in [2.75, 3.05) is 14.1 Å². The first-order chi connectivity index (χ1) is 4.18. The van der Waals surface area contributed by atoms with Crippen molar-refractivity contribution in [3.8, 4) is 0 Å². The van der Waals surface area contributed by atoms with Gasteiger partial charge >= 0.3 is 6.03 Å². The molecular formula is C6H12N2O. The fraction of sp³-hybridized carbons (Fsp3) is 0.667. The first-order valence-electron chi connectivity index (χ1n) is 2.92. The highest BCUT2D eigenvalue weighted by Crippen LogP contribution is 1.82. The van der Waals surface area contributed by atoms with Crippen LogP contribution in [0, 0.1) is 0 Å². The molecular weight excluding hydrogens is 116 g/mol. The molecule has 0 aromatic rings.